The summed E-state index contributed by atoms with van der Waals surface area (Å²) >= 11 is 0. The molecule has 2 atom stereocenters. The summed E-state index contributed by atoms with van der Waals surface area (Å²) in [6.45, 7) is 10.4. The fourth-order valence-corrected chi connectivity index (χ4v) is 5.91. The van der Waals surface area contributed by atoms with Gasteiger partial charge in [0, 0.05) is 62.0 Å². The first-order valence-electron chi connectivity index (χ1n) is 13.9. The van der Waals surface area contributed by atoms with Crippen molar-refractivity contribution in [2.24, 2.45) is 5.92 Å². The van der Waals surface area contributed by atoms with Crippen LogP contribution in [0.15, 0.2) is 18.3 Å². The number of hydrogen-bond donors (Lipinski definition) is 2. The van der Waals surface area contributed by atoms with Gasteiger partial charge in [-0.15, -0.1) is 0 Å². The Hall–Kier alpha value is -2.17. The van der Waals surface area contributed by atoms with Gasteiger partial charge in [0.2, 0.25) is 5.91 Å². The molecule has 2 N–H and O–H groups in total. The smallest absolute Gasteiger partial charge is 0.223 e. The van der Waals surface area contributed by atoms with E-state index < -0.39 is 0 Å². The molecule has 0 spiro atoms. The van der Waals surface area contributed by atoms with Crippen molar-refractivity contribution in [3.05, 3.63) is 24.0 Å². The van der Waals surface area contributed by atoms with Crippen LogP contribution >= 0.6 is 0 Å². The van der Waals surface area contributed by atoms with Gasteiger partial charge in [-0.3, -0.25) is 9.69 Å². The molecule has 5 rings (SSSR count). The Morgan fingerprint density at radius 1 is 1.03 bits per heavy atom. The number of aryl methyl sites for hydroxylation is 1. The van der Waals surface area contributed by atoms with E-state index in [0.717, 1.165) is 114 Å². The van der Waals surface area contributed by atoms with Crippen molar-refractivity contribution in [1.82, 2.24) is 34.5 Å². The van der Waals surface area contributed by atoms with Crippen LogP contribution in [-0.4, -0.2) is 108 Å². The number of piperazine rings is 1. The van der Waals surface area contributed by atoms with Crippen molar-refractivity contribution >= 4 is 25.4 Å². The average molecular weight is 492 g/mol. The first kappa shape index (κ1) is 25.5. The van der Waals surface area contributed by atoms with E-state index in [-0.39, 0.29) is 17.9 Å². The third kappa shape index (κ3) is 6.39. The summed E-state index contributed by atoms with van der Waals surface area (Å²) in [6, 6.07) is 4.66. The predicted molar refractivity (Wildman–Crippen MR) is 143 cm³/mol. The molecule has 2 unspecified atom stereocenters. The standard InChI is InChI=1S/C26H41BN8O/c1-2-3-21-19-25(35-24(29-21)6-9-28-35)30-22-4-5-23(18-22)31-26(36)20-7-10-32(11-8-20)12-13-33-14-16-34(27)17-15-33/h6,9,19-20,22-23,30H,2-5,7-8,10-18H2,1H3,(H,31,36). The molecule has 194 valence electrons. The van der Waals surface area contributed by atoms with E-state index in [1.807, 2.05) is 15.4 Å². The third-order valence-corrected chi connectivity index (χ3v) is 8.15. The Balaban J connectivity index is 1.05. The fourth-order valence-electron chi connectivity index (χ4n) is 5.91. The first-order chi connectivity index (χ1) is 17.6. The van der Waals surface area contributed by atoms with E-state index in [1.165, 1.54) is 0 Å². The van der Waals surface area contributed by atoms with Gasteiger partial charge in [-0.1, -0.05) is 13.3 Å². The van der Waals surface area contributed by atoms with Crippen molar-refractivity contribution in [2.45, 2.75) is 64.0 Å². The Kier molecular flexibility index (Phi) is 8.44. The maximum atomic E-state index is 13.0. The molecule has 2 aromatic rings. The van der Waals surface area contributed by atoms with Gasteiger partial charge in [0.1, 0.15) is 5.82 Å². The topological polar surface area (TPSA) is 81.0 Å². The zero-order valence-electron chi connectivity index (χ0n) is 21.7. The lowest BCUT2D eigenvalue weighted by Gasteiger charge is -2.36. The molecule has 36 heavy (non-hydrogen) atoms. The summed E-state index contributed by atoms with van der Waals surface area (Å²) in [5, 5.41) is 11.5. The minimum atomic E-state index is 0.148. The van der Waals surface area contributed by atoms with Crippen LogP contribution in [0.4, 0.5) is 5.82 Å². The van der Waals surface area contributed by atoms with Gasteiger partial charge in [0.15, 0.2) is 13.6 Å². The summed E-state index contributed by atoms with van der Waals surface area (Å²) in [6.07, 6.45) is 8.78. The number of nitrogens with one attached hydrogen (secondary N) is 2. The van der Waals surface area contributed by atoms with Crippen LogP contribution in [-0.2, 0) is 11.2 Å². The second kappa shape index (κ2) is 11.9. The quantitative estimate of drug-likeness (QED) is 0.514. The second-order valence-corrected chi connectivity index (χ2v) is 10.8. The van der Waals surface area contributed by atoms with Gasteiger partial charge < -0.3 is 20.3 Å². The number of carbonyl (C=O) groups is 1. The molecule has 2 radical (unpaired) electrons. The largest absolute Gasteiger partial charge is 0.367 e. The van der Waals surface area contributed by atoms with Crippen molar-refractivity contribution in [3.8, 4) is 0 Å². The fraction of sp³-hybridized carbons (Fsp3) is 0.731. The van der Waals surface area contributed by atoms with E-state index in [4.69, 9.17) is 13.0 Å². The number of nitrogens with zero attached hydrogens (tertiary/aromatic N) is 6. The monoisotopic (exact) mass is 492 g/mol. The SMILES string of the molecule is [B]N1CCN(CCN2CCC(C(=O)NC3CCC(Nc4cc(CCC)nc5ccnn45)C3)CC2)CC1. The van der Waals surface area contributed by atoms with Gasteiger partial charge in [0.05, 0.1) is 6.20 Å². The van der Waals surface area contributed by atoms with Gasteiger partial charge in [-0.05, 0) is 64.7 Å². The molecule has 2 aromatic heterocycles. The maximum absolute atomic E-state index is 13.0. The maximum Gasteiger partial charge on any atom is 0.223 e. The van der Waals surface area contributed by atoms with Gasteiger partial charge in [-0.25, -0.2) is 4.98 Å². The number of amides is 1. The molecule has 0 bridgehead atoms. The highest BCUT2D eigenvalue weighted by Gasteiger charge is 2.30. The first-order valence-corrected chi connectivity index (χ1v) is 13.9. The van der Waals surface area contributed by atoms with Crippen LogP contribution in [0, 0.1) is 5.92 Å². The van der Waals surface area contributed by atoms with Crippen LogP contribution in [0.25, 0.3) is 5.65 Å². The molecule has 1 aliphatic carbocycles. The van der Waals surface area contributed by atoms with Crippen LogP contribution in [0.2, 0.25) is 0 Å². The molecule has 2 aliphatic heterocycles. The molecule has 0 aromatic carbocycles. The highest BCUT2D eigenvalue weighted by atomic mass is 16.2. The molecule has 10 heteroatoms. The summed E-state index contributed by atoms with van der Waals surface area (Å²) < 4.78 is 1.89. The molecule has 3 fully saturated rings. The molecule has 1 amide bonds. The highest BCUT2D eigenvalue weighted by molar-refractivity contribution is 6.04. The third-order valence-electron chi connectivity index (χ3n) is 8.15. The van der Waals surface area contributed by atoms with E-state index in [0.29, 0.717) is 6.04 Å². The van der Waals surface area contributed by atoms with Crippen molar-refractivity contribution in [1.29, 1.82) is 0 Å². The number of likely N-dealkylation sites (tertiary alicyclic amines) is 1. The van der Waals surface area contributed by atoms with E-state index in [9.17, 15) is 4.79 Å². The molecular formula is C26H41BN8O. The van der Waals surface area contributed by atoms with E-state index in [1.54, 1.807) is 6.20 Å². The predicted octanol–water partition coefficient (Wildman–Crippen LogP) is 1.54. The lowest BCUT2D eigenvalue weighted by molar-refractivity contribution is -0.127. The van der Waals surface area contributed by atoms with Gasteiger partial charge >= 0.3 is 0 Å². The summed E-state index contributed by atoms with van der Waals surface area (Å²) in [4.78, 5) is 24.6. The number of aromatic nitrogens is 3. The molecule has 2 saturated heterocycles. The summed E-state index contributed by atoms with van der Waals surface area (Å²) in [7, 11) is 5.86. The number of hydrogen-bond acceptors (Lipinski definition) is 7. The summed E-state index contributed by atoms with van der Waals surface area (Å²) in [5.74, 6) is 1.40. The number of anilines is 1. The van der Waals surface area contributed by atoms with E-state index in [2.05, 4.69) is 38.5 Å². The van der Waals surface area contributed by atoms with E-state index >= 15 is 0 Å². The number of fused-ring (bicyclic) bond motifs is 1. The van der Waals surface area contributed by atoms with Crippen LogP contribution in [0.5, 0.6) is 0 Å². The van der Waals surface area contributed by atoms with Crippen molar-refractivity contribution < 1.29 is 4.79 Å². The molecule has 4 heterocycles. The molecular weight excluding hydrogens is 451 g/mol. The zero-order valence-corrected chi connectivity index (χ0v) is 21.7. The molecule has 1 saturated carbocycles. The van der Waals surface area contributed by atoms with Crippen LogP contribution in [0.3, 0.4) is 0 Å². The number of carbonyl (C=O) groups excluding carboxylic acids is 1. The highest BCUT2D eigenvalue weighted by Crippen LogP contribution is 2.25. The zero-order chi connectivity index (χ0) is 24.9. The minimum absolute atomic E-state index is 0.148. The number of piperidine rings is 1. The van der Waals surface area contributed by atoms with Gasteiger partial charge in [0.25, 0.3) is 0 Å². The normalized spacial score (nSPS) is 24.9. The van der Waals surface area contributed by atoms with Crippen molar-refractivity contribution in [3.63, 3.8) is 0 Å². The Morgan fingerprint density at radius 2 is 1.75 bits per heavy atom. The Morgan fingerprint density at radius 3 is 2.50 bits per heavy atom. The lowest BCUT2D eigenvalue weighted by atomic mass is 9.95. The second-order valence-electron chi connectivity index (χ2n) is 10.8. The minimum Gasteiger partial charge on any atom is -0.367 e. The Bertz CT molecular complexity index is 999. The average Bonchev–Trinajstić information content (AvgIpc) is 3.54. The molecule has 3 aliphatic rings. The van der Waals surface area contributed by atoms with Crippen LogP contribution in [0.1, 0.15) is 51.1 Å². The molecule has 9 nitrogen and oxygen atoms in total. The summed E-state index contributed by atoms with van der Waals surface area (Å²) in [5.41, 5.74) is 1.98. The van der Waals surface area contributed by atoms with Crippen molar-refractivity contribution in [2.75, 3.05) is 57.7 Å². The lowest BCUT2D eigenvalue weighted by Crippen LogP contribution is -2.49. The van der Waals surface area contributed by atoms with Crippen LogP contribution < -0.4 is 10.6 Å². The van der Waals surface area contributed by atoms with Gasteiger partial charge in [-0.2, -0.15) is 9.61 Å². The Labute approximate surface area is 216 Å². The number of rotatable bonds is 9.